The number of hydrogen-bond donors (Lipinski definition) is 0. The number of ether oxygens (including phenoxy) is 2. The van der Waals surface area contributed by atoms with Crippen LogP contribution in [0.3, 0.4) is 0 Å². The van der Waals surface area contributed by atoms with Gasteiger partial charge in [-0.05, 0) is 41.6 Å². The maximum absolute atomic E-state index is 12.4. The Morgan fingerprint density at radius 1 is 1.25 bits per heavy atom. The maximum Gasteiger partial charge on any atom is 0.246 e. The van der Waals surface area contributed by atoms with Crippen molar-refractivity contribution >= 4 is 23.3 Å². The van der Waals surface area contributed by atoms with E-state index in [1.807, 2.05) is 29.2 Å². The molecule has 1 aliphatic heterocycles. The zero-order valence-electron chi connectivity index (χ0n) is 13.9. The van der Waals surface area contributed by atoms with E-state index < -0.39 is 0 Å². The average molecular weight is 343 g/mol. The van der Waals surface area contributed by atoms with Crippen LogP contribution in [0.25, 0.3) is 6.08 Å². The number of likely N-dealkylation sites (tertiary alicyclic amines) is 1. The lowest BCUT2D eigenvalue weighted by molar-refractivity contribution is -0.124. The monoisotopic (exact) mass is 343 g/mol. The Balaban J connectivity index is 1.63. The van der Waals surface area contributed by atoms with Crippen molar-refractivity contribution in [2.24, 2.45) is 0 Å². The summed E-state index contributed by atoms with van der Waals surface area (Å²) in [5.41, 5.74) is 0.912. The fourth-order valence-corrected chi connectivity index (χ4v) is 3.80. The van der Waals surface area contributed by atoms with Gasteiger partial charge in [-0.15, -0.1) is 11.3 Å². The fraction of sp³-hybridized carbons (Fsp3) is 0.316. The third-order valence-corrected chi connectivity index (χ3v) is 5.31. The van der Waals surface area contributed by atoms with Crippen molar-refractivity contribution in [3.05, 3.63) is 52.2 Å². The van der Waals surface area contributed by atoms with Crippen molar-refractivity contribution in [1.82, 2.24) is 4.90 Å². The van der Waals surface area contributed by atoms with Crippen LogP contribution in [-0.4, -0.2) is 38.1 Å². The van der Waals surface area contributed by atoms with Gasteiger partial charge in [-0.3, -0.25) is 4.79 Å². The van der Waals surface area contributed by atoms with Crippen LogP contribution in [0.15, 0.2) is 41.8 Å². The minimum atomic E-state index is 0.0591. The van der Waals surface area contributed by atoms with Crippen LogP contribution in [-0.2, 0) is 4.79 Å². The summed E-state index contributed by atoms with van der Waals surface area (Å²) in [6.07, 6.45) is 4.50. The number of nitrogens with zero attached hydrogens (tertiary/aromatic N) is 1. The molecule has 0 aliphatic carbocycles. The van der Waals surface area contributed by atoms with Gasteiger partial charge in [-0.1, -0.05) is 12.1 Å². The van der Waals surface area contributed by atoms with Gasteiger partial charge < -0.3 is 14.4 Å². The second-order valence-electron chi connectivity index (χ2n) is 5.73. The highest BCUT2D eigenvalue weighted by Crippen LogP contribution is 2.31. The van der Waals surface area contributed by atoms with E-state index in [2.05, 4.69) is 17.5 Å². The molecule has 1 unspecified atom stereocenters. The van der Waals surface area contributed by atoms with E-state index in [0.717, 1.165) is 25.1 Å². The summed E-state index contributed by atoms with van der Waals surface area (Å²) in [6, 6.07) is 9.83. The molecule has 2 aromatic rings. The lowest BCUT2D eigenvalue weighted by Crippen LogP contribution is -2.26. The highest BCUT2D eigenvalue weighted by atomic mass is 32.1. The van der Waals surface area contributed by atoms with Gasteiger partial charge in [0, 0.05) is 30.0 Å². The average Bonchev–Trinajstić information content (AvgIpc) is 3.30. The SMILES string of the molecule is COc1ccc(/C=C/C(=O)N2CCC(c3cccs3)C2)cc1OC. The summed E-state index contributed by atoms with van der Waals surface area (Å²) in [5, 5.41) is 2.09. The molecule has 1 saturated heterocycles. The number of carbonyl (C=O) groups is 1. The number of rotatable bonds is 5. The molecule has 1 aliphatic rings. The molecule has 1 fully saturated rings. The molecule has 0 N–H and O–H groups in total. The summed E-state index contributed by atoms with van der Waals surface area (Å²) in [4.78, 5) is 15.7. The Labute approximate surface area is 146 Å². The predicted molar refractivity (Wildman–Crippen MR) is 96.8 cm³/mol. The molecule has 5 heteroatoms. The highest BCUT2D eigenvalue weighted by molar-refractivity contribution is 7.10. The summed E-state index contributed by atoms with van der Waals surface area (Å²) >= 11 is 1.77. The third-order valence-electron chi connectivity index (χ3n) is 4.27. The zero-order valence-corrected chi connectivity index (χ0v) is 14.7. The molecule has 3 rings (SSSR count). The Bertz CT molecular complexity index is 724. The highest BCUT2D eigenvalue weighted by Gasteiger charge is 2.26. The molecule has 1 aromatic carbocycles. The van der Waals surface area contributed by atoms with E-state index in [4.69, 9.17) is 9.47 Å². The fourth-order valence-electron chi connectivity index (χ4n) is 2.95. The number of amides is 1. The molecular formula is C19H21NO3S. The Morgan fingerprint density at radius 3 is 2.79 bits per heavy atom. The van der Waals surface area contributed by atoms with Crippen molar-refractivity contribution in [3.8, 4) is 11.5 Å². The lowest BCUT2D eigenvalue weighted by Gasteiger charge is -2.14. The summed E-state index contributed by atoms with van der Waals surface area (Å²) < 4.78 is 10.5. The van der Waals surface area contributed by atoms with Crippen LogP contribution in [0, 0.1) is 0 Å². The molecule has 0 radical (unpaired) electrons. The molecule has 0 bridgehead atoms. The second kappa shape index (κ2) is 7.53. The van der Waals surface area contributed by atoms with Crippen LogP contribution in [0.1, 0.15) is 22.8 Å². The van der Waals surface area contributed by atoms with Gasteiger partial charge in [0.05, 0.1) is 14.2 Å². The molecule has 1 atom stereocenters. The molecule has 1 aromatic heterocycles. The van der Waals surface area contributed by atoms with Crippen molar-refractivity contribution in [2.45, 2.75) is 12.3 Å². The first-order chi connectivity index (χ1) is 11.7. The Kier molecular flexibility index (Phi) is 5.20. The molecule has 24 heavy (non-hydrogen) atoms. The minimum Gasteiger partial charge on any atom is -0.493 e. The van der Waals surface area contributed by atoms with Gasteiger partial charge in [-0.2, -0.15) is 0 Å². The number of hydrogen-bond acceptors (Lipinski definition) is 4. The predicted octanol–water partition coefficient (Wildman–Crippen LogP) is 3.79. The maximum atomic E-state index is 12.4. The van der Waals surface area contributed by atoms with Gasteiger partial charge in [0.1, 0.15) is 0 Å². The summed E-state index contributed by atoms with van der Waals surface area (Å²) in [6.45, 7) is 1.62. The van der Waals surface area contributed by atoms with Crippen LogP contribution in [0.4, 0.5) is 0 Å². The molecule has 0 spiro atoms. The van der Waals surface area contributed by atoms with E-state index in [9.17, 15) is 4.79 Å². The standard InChI is InChI=1S/C19H21NO3S/c1-22-16-7-5-14(12-17(16)23-2)6-8-19(21)20-10-9-15(13-20)18-4-3-11-24-18/h3-8,11-12,15H,9-10,13H2,1-2H3/b8-6+. The summed E-state index contributed by atoms with van der Waals surface area (Å²) in [7, 11) is 3.21. The van der Waals surface area contributed by atoms with E-state index in [1.54, 1.807) is 31.6 Å². The van der Waals surface area contributed by atoms with E-state index in [0.29, 0.717) is 17.4 Å². The van der Waals surface area contributed by atoms with Crippen LogP contribution in [0.2, 0.25) is 0 Å². The Hall–Kier alpha value is -2.27. The van der Waals surface area contributed by atoms with Crippen molar-refractivity contribution in [3.63, 3.8) is 0 Å². The first kappa shape index (κ1) is 16.6. The number of methoxy groups -OCH3 is 2. The molecule has 1 amide bonds. The quantitative estimate of drug-likeness (QED) is 0.775. The van der Waals surface area contributed by atoms with Crippen LogP contribution >= 0.6 is 11.3 Å². The smallest absolute Gasteiger partial charge is 0.246 e. The number of carbonyl (C=O) groups excluding carboxylic acids is 1. The van der Waals surface area contributed by atoms with Crippen molar-refractivity contribution in [1.29, 1.82) is 0 Å². The molecule has 4 nitrogen and oxygen atoms in total. The van der Waals surface area contributed by atoms with E-state index >= 15 is 0 Å². The Morgan fingerprint density at radius 2 is 2.08 bits per heavy atom. The first-order valence-corrected chi connectivity index (χ1v) is 8.81. The second-order valence-corrected chi connectivity index (χ2v) is 6.71. The summed E-state index contributed by atoms with van der Waals surface area (Å²) in [5.74, 6) is 1.87. The van der Waals surface area contributed by atoms with E-state index in [1.165, 1.54) is 4.88 Å². The minimum absolute atomic E-state index is 0.0591. The van der Waals surface area contributed by atoms with Gasteiger partial charge in [0.2, 0.25) is 5.91 Å². The van der Waals surface area contributed by atoms with Gasteiger partial charge >= 0.3 is 0 Å². The molecule has 0 saturated carbocycles. The largest absolute Gasteiger partial charge is 0.493 e. The number of thiophene rings is 1. The normalized spacial score (nSPS) is 17.4. The van der Waals surface area contributed by atoms with Gasteiger partial charge in [-0.25, -0.2) is 0 Å². The lowest BCUT2D eigenvalue weighted by atomic mass is 10.1. The molecular weight excluding hydrogens is 322 g/mol. The van der Waals surface area contributed by atoms with Crippen LogP contribution < -0.4 is 9.47 Å². The van der Waals surface area contributed by atoms with Gasteiger partial charge in [0.15, 0.2) is 11.5 Å². The van der Waals surface area contributed by atoms with Crippen molar-refractivity contribution < 1.29 is 14.3 Å². The third kappa shape index (κ3) is 3.62. The first-order valence-electron chi connectivity index (χ1n) is 7.93. The van der Waals surface area contributed by atoms with Crippen molar-refractivity contribution in [2.75, 3.05) is 27.3 Å². The van der Waals surface area contributed by atoms with Crippen LogP contribution in [0.5, 0.6) is 11.5 Å². The zero-order chi connectivity index (χ0) is 16.9. The van der Waals surface area contributed by atoms with Gasteiger partial charge in [0.25, 0.3) is 0 Å². The van der Waals surface area contributed by atoms with E-state index in [-0.39, 0.29) is 5.91 Å². The topological polar surface area (TPSA) is 38.8 Å². The molecule has 2 heterocycles. The number of benzene rings is 1. The molecule has 126 valence electrons.